The summed E-state index contributed by atoms with van der Waals surface area (Å²) < 4.78 is 5.70. The van der Waals surface area contributed by atoms with Gasteiger partial charge in [-0.25, -0.2) is 4.79 Å². The predicted octanol–water partition coefficient (Wildman–Crippen LogP) is 4.85. The Bertz CT molecular complexity index is 902. The maximum atomic E-state index is 12.6. The second-order valence-corrected chi connectivity index (χ2v) is 6.56. The summed E-state index contributed by atoms with van der Waals surface area (Å²) in [6.45, 7) is 1.92. The summed E-state index contributed by atoms with van der Waals surface area (Å²) in [5.41, 5.74) is 1.44. The Morgan fingerprint density at radius 1 is 1.04 bits per heavy atom. The summed E-state index contributed by atoms with van der Waals surface area (Å²) in [4.78, 5) is 12.6. The molecule has 2 atom stereocenters. The van der Waals surface area contributed by atoms with Gasteiger partial charge in [0.2, 0.25) is 0 Å². The minimum atomic E-state index is -0.561. The predicted molar refractivity (Wildman–Crippen MR) is 106 cm³/mol. The first-order valence-corrected chi connectivity index (χ1v) is 8.93. The number of ether oxygens (including phenoxy) is 1. The van der Waals surface area contributed by atoms with Gasteiger partial charge in [0.15, 0.2) is 0 Å². The van der Waals surface area contributed by atoms with Gasteiger partial charge in [-0.2, -0.15) is 0 Å². The molecule has 3 rings (SSSR count). The molecule has 27 heavy (non-hydrogen) atoms. The zero-order valence-electron chi connectivity index (χ0n) is 15.1. The summed E-state index contributed by atoms with van der Waals surface area (Å²) >= 11 is 0. The molecular weight excluding hydrogens is 342 g/mol. The van der Waals surface area contributed by atoms with Crippen molar-refractivity contribution in [3.8, 4) is 5.75 Å². The molecule has 5 heteroatoms. The van der Waals surface area contributed by atoms with Gasteiger partial charge in [0.25, 0.3) is 0 Å². The highest BCUT2D eigenvalue weighted by molar-refractivity contribution is 6.00. The van der Waals surface area contributed by atoms with Crippen molar-refractivity contribution in [2.24, 2.45) is 5.92 Å². The van der Waals surface area contributed by atoms with Crippen molar-refractivity contribution in [1.29, 1.82) is 0 Å². The SMILES string of the molecule is C[C@@H](CCO)[C@@H](OC(=O)Nc1cccc2ccccc12)c1ccc(O)cc1. The van der Waals surface area contributed by atoms with Crippen LogP contribution in [-0.2, 0) is 4.74 Å². The Morgan fingerprint density at radius 2 is 1.74 bits per heavy atom. The molecule has 0 spiro atoms. The van der Waals surface area contributed by atoms with Crippen LogP contribution in [0.25, 0.3) is 10.8 Å². The molecule has 0 aliphatic rings. The standard InChI is InChI=1S/C22H23NO4/c1-15(13-14-24)21(17-9-11-18(25)12-10-17)27-22(26)23-20-8-4-6-16-5-2-3-7-19(16)20/h2-12,15,21,24-25H,13-14H2,1H3,(H,23,26)/t15-,21+/m0/s1. The first-order chi connectivity index (χ1) is 13.1. The Hall–Kier alpha value is -3.05. The van der Waals surface area contributed by atoms with Gasteiger partial charge in [0.1, 0.15) is 11.9 Å². The summed E-state index contributed by atoms with van der Waals surface area (Å²) in [6.07, 6.45) is -0.602. The largest absolute Gasteiger partial charge is 0.508 e. The van der Waals surface area contributed by atoms with Crippen LogP contribution in [0, 0.1) is 5.92 Å². The lowest BCUT2D eigenvalue weighted by Crippen LogP contribution is -2.22. The van der Waals surface area contributed by atoms with Gasteiger partial charge in [0.05, 0.1) is 5.69 Å². The number of rotatable bonds is 6. The minimum Gasteiger partial charge on any atom is -0.508 e. The monoisotopic (exact) mass is 365 g/mol. The highest BCUT2D eigenvalue weighted by Gasteiger charge is 2.23. The van der Waals surface area contributed by atoms with E-state index in [1.165, 1.54) is 0 Å². The second kappa shape index (κ2) is 8.56. The number of hydrogen-bond donors (Lipinski definition) is 3. The molecule has 3 N–H and O–H groups in total. The van der Waals surface area contributed by atoms with E-state index in [4.69, 9.17) is 4.74 Å². The number of aliphatic hydroxyl groups is 1. The quantitative estimate of drug-likeness (QED) is 0.583. The third-order valence-electron chi connectivity index (χ3n) is 4.58. The van der Waals surface area contributed by atoms with E-state index in [1.54, 1.807) is 24.3 Å². The Balaban J connectivity index is 1.80. The van der Waals surface area contributed by atoms with Gasteiger partial charge in [-0.15, -0.1) is 0 Å². The fraction of sp³-hybridized carbons (Fsp3) is 0.227. The van der Waals surface area contributed by atoms with Gasteiger partial charge >= 0.3 is 6.09 Å². The first kappa shape index (κ1) is 18.7. The van der Waals surface area contributed by atoms with Crippen LogP contribution in [-0.4, -0.2) is 22.9 Å². The van der Waals surface area contributed by atoms with E-state index in [1.807, 2.05) is 49.4 Å². The molecule has 0 aromatic heterocycles. The summed E-state index contributed by atoms with van der Waals surface area (Å²) in [5, 5.41) is 23.5. The maximum absolute atomic E-state index is 12.6. The molecule has 3 aromatic carbocycles. The van der Waals surface area contributed by atoms with Crippen molar-refractivity contribution in [1.82, 2.24) is 0 Å². The summed E-state index contributed by atoms with van der Waals surface area (Å²) in [5.74, 6) is 0.0605. The molecule has 0 bridgehead atoms. The van der Waals surface area contributed by atoms with Crippen LogP contribution in [0.3, 0.4) is 0 Å². The van der Waals surface area contributed by atoms with E-state index >= 15 is 0 Å². The highest BCUT2D eigenvalue weighted by atomic mass is 16.6. The van der Waals surface area contributed by atoms with Crippen molar-refractivity contribution in [2.45, 2.75) is 19.4 Å². The number of phenols is 1. The molecule has 0 unspecified atom stereocenters. The Labute approximate surface area is 158 Å². The third-order valence-corrected chi connectivity index (χ3v) is 4.58. The second-order valence-electron chi connectivity index (χ2n) is 6.56. The fourth-order valence-corrected chi connectivity index (χ4v) is 3.12. The molecule has 3 aromatic rings. The number of phenolic OH excluding ortho intramolecular Hbond substituents is 1. The van der Waals surface area contributed by atoms with Gasteiger partial charge < -0.3 is 14.9 Å². The van der Waals surface area contributed by atoms with E-state index in [0.717, 1.165) is 16.3 Å². The number of hydrogen-bond acceptors (Lipinski definition) is 4. The number of amides is 1. The van der Waals surface area contributed by atoms with Crippen molar-refractivity contribution < 1.29 is 19.7 Å². The first-order valence-electron chi connectivity index (χ1n) is 8.93. The van der Waals surface area contributed by atoms with Crippen LogP contribution < -0.4 is 5.32 Å². The van der Waals surface area contributed by atoms with Gasteiger partial charge in [-0.05, 0) is 41.5 Å². The molecule has 0 fully saturated rings. The maximum Gasteiger partial charge on any atom is 0.412 e. The van der Waals surface area contributed by atoms with Crippen molar-refractivity contribution in [2.75, 3.05) is 11.9 Å². The number of anilines is 1. The minimum absolute atomic E-state index is 0.00402. The van der Waals surface area contributed by atoms with Crippen LogP contribution in [0.2, 0.25) is 0 Å². The summed E-state index contributed by atoms with van der Waals surface area (Å²) in [7, 11) is 0. The number of fused-ring (bicyclic) bond motifs is 1. The Kier molecular flexibility index (Phi) is 5.94. The number of aliphatic hydroxyl groups excluding tert-OH is 1. The van der Waals surface area contributed by atoms with Gasteiger partial charge in [0, 0.05) is 12.0 Å². The van der Waals surface area contributed by atoms with Crippen molar-refractivity contribution in [3.05, 3.63) is 72.3 Å². The van der Waals surface area contributed by atoms with Crippen molar-refractivity contribution >= 4 is 22.6 Å². The van der Waals surface area contributed by atoms with Crippen LogP contribution >= 0.6 is 0 Å². The number of carbonyl (C=O) groups is 1. The normalized spacial score (nSPS) is 13.1. The number of benzene rings is 3. The van der Waals surface area contributed by atoms with E-state index < -0.39 is 12.2 Å². The lowest BCUT2D eigenvalue weighted by molar-refractivity contribution is 0.0667. The Morgan fingerprint density at radius 3 is 2.48 bits per heavy atom. The average molecular weight is 365 g/mol. The van der Waals surface area contributed by atoms with E-state index in [2.05, 4.69) is 5.32 Å². The van der Waals surface area contributed by atoms with Crippen molar-refractivity contribution in [3.63, 3.8) is 0 Å². The van der Waals surface area contributed by atoms with Gasteiger partial charge in [-0.3, -0.25) is 5.32 Å². The molecule has 0 aliphatic heterocycles. The molecule has 0 radical (unpaired) electrons. The zero-order chi connectivity index (χ0) is 19.2. The number of aromatic hydroxyl groups is 1. The molecule has 140 valence electrons. The van der Waals surface area contributed by atoms with E-state index in [0.29, 0.717) is 12.1 Å². The van der Waals surface area contributed by atoms with E-state index in [9.17, 15) is 15.0 Å². The molecule has 5 nitrogen and oxygen atoms in total. The topological polar surface area (TPSA) is 78.8 Å². The highest BCUT2D eigenvalue weighted by Crippen LogP contribution is 2.30. The zero-order valence-corrected chi connectivity index (χ0v) is 15.1. The molecule has 1 amide bonds. The third kappa shape index (κ3) is 4.57. The average Bonchev–Trinajstić information content (AvgIpc) is 2.67. The molecule has 0 saturated heterocycles. The molecule has 0 aliphatic carbocycles. The lowest BCUT2D eigenvalue weighted by Gasteiger charge is -2.24. The van der Waals surface area contributed by atoms with Crippen LogP contribution in [0.4, 0.5) is 10.5 Å². The summed E-state index contributed by atoms with van der Waals surface area (Å²) in [6, 6.07) is 20.0. The van der Waals surface area contributed by atoms with Crippen LogP contribution in [0.5, 0.6) is 5.75 Å². The lowest BCUT2D eigenvalue weighted by atomic mass is 9.94. The van der Waals surface area contributed by atoms with Crippen LogP contribution in [0.1, 0.15) is 25.0 Å². The fourth-order valence-electron chi connectivity index (χ4n) is 3.12. The molecule has 0 saturated carbocycles. The smallest absolute Gasteiger partial charge is 0.412 e. The van der Waals surface area contributed by atoms with Gasteiger partial charge in [-0.1, -0.05) is 55.5 Å². The molecule has 0 heterocycles. The van der Waals surface area contributed by atoms with Crippen LogP contribution in [0.15, 0.2) is 66.7 Å². The molecular formula is C22H23NO4. The van der Waals surface area contributed by atoms with E-state index in [-0.39, 0.29) is 18.3 Å². The number of carbonyl (C=O) groups excluding carboxylic acids is 1. The number of nitrogens with one attached hydrogen (secondary N) is 1.